The fourth-order valence-corrected chi connectivity index (χ4v) is 2.27. The van der Waals surface area contributed by atoms with Gasteiger partial charge in [-0.05, 0) is 43.2 Å². The normalized spacial score (nSPS) is 23.1. The molecule has 0 amide bonds. The van der Waals surface area contributed by atoms with E-state index in [9.17, 15) is 4.79 Å². The lowest BCUT2D eigenvalue weighted by Gasteiger charge is -2.14. The molecule has 1 aliphatic carbocycles. The molecule has 0 bridgehead atoms. The average Bonchev–Trinajstić information content (AvgIpc) is 2.34. The van der Waals surface area contributed by atoms with E-state index in [2.05, 4.69) is 36.4 Å². The van der Waals surface area contributed by atoms with Crippen molar-refractivity contribution >= 4 is 6.29 Å². The summed E-state index contributed by atoms with van der Waals surface area (Å²) in [4.78, 5) is 11.0. The summed E-state index contributed by atoms with van der Waals surface area (Å²) in [5, 5.41) is 0. The zero-order valence-electron chi connectivity index (χ0n) is 9.56. The van der Waals surface area contributed by atoms with Crippen molar-refractivity contribution in [1.29, 1.82) is 0 Å². The molecule has 84 valence electrons. The second kappa shape index (κ2) is 5.64. The molecule has 0 aliphatic heterocycles. The van der Waals surface area contributed by atoms with Crippen LogP contribution < -0.4 is 0 Å². The number of carbonyl (C=O) groups is 1. The maximum atomic E-state index is 11.0. The van der Waals surface area contributed by atoms with Crippen LogP contribution in [0.1, 0.15) is 30.4 Å². The maximum Gasteiger partial charge on any atom is 0.123 e. The van der Waals surface area contributed by atoms with E-state index in [1.807, 2.05) is 0 Å². The van der Waals surface area contributed by atoms with Crippen molar-refractivity contribution in [2.45, 2.75) is 32.1 Å². The Bertz CT molecular complexity index is 379. The molecular weight excluding hydrogens is 196 g/mol. The number of fused-ring (bicyclic) bond motifs is 1. The van der Waals surface area contributed by atoms with Gasteiger partial charge in [0.2, 0.25) is 0 Å². The van der Waals surface area contributed by atoms with Crippen LogP contribution in [0.15, 0.2) is 36.4 Å². The van der Waals surface area contributed by atoms with Crippen LogP contribution in [-0.4, -0.2) is 6.29 Å². The minimum Gasteiger partial charge on any atom is -0.303 e. The van der Waals surface area contributed by atoms with Crippen molar-refractivity contribution in [1.82, 2.24) is 0 Å². The van der Waals surface area contributed by atoms with Crippen molar-refractivity contribution in [2.75, 3.05) is 0 Å². The standard InChI is InChI=1S/C15H18O/c16-12-13-7-3-1-2-4-8-14-9-5-6-10-15(14)11-13/h1,3,5-6,9-10,12-13H,2,4,7-8,11H2/b3-1-. The summed E-state index contributed by atoms with van der Waals surface area (Å²) in [6.45, 7) is 0. The van der Waals surface area contributed by atoms with Crippen LogP contribution in [0.2, 0.25) is 0 Å². The van der Waals surface area contributed by atoms with E-state index in [4.69, 9.17) is 0 Å². The van der Waals surface area contributed by atoms with Gasteiger partial charge in [-0.3, -0.25) is 0 Å². The van der Waals surface area contributed by atoms with Crippen LogP contribution in [0.5, 0.6) is 0 Å². The maximum absolute atomic E-state index is 11.0. The van der Waals surface area contributed by atoms with Crippen molar-refractivity contribution in [3.05, 3.63) is 47.5 Å². The number of carbonyl (C=O) groups excluding carboxylic acids is 1. The SMILES string of the molecule is O=CC1C/C=C\CCCc2ccccc2C1. The first-order valence-electron chi connectivity index (χ1n) is 6.07. The molecule has 0 heterocycles. The Morgan fingerprint density at radius 1 is 1.12 bits per heavy atom. The molecule has 1 aromatic carbocycles. The molecule has 2 rings (SSSR count). The topological polar surface area (TPSA) is 17.1 Å². The molecule has 1 atom stereocenters. The van der Waals surface area contributed by atoms with Gasteiger partial charge in [-0.1, -0.05) is 36.4 Å². The van der Waals surface area contributed by atoms with Gasteiger partial charge in [0.25, 0.3) is 0 Å². The van der Waals surface area contributed by atoms with E-state index in [-0.39, 0.29) is 5.92 Å². The van der Waals surface area contributed by atoms with E-state index >= 15 is 0 Å². The van der Waals surface area contributed by atoms with Crippen LogP contribution in [0.4, 0.5) is 0 Å². The summed E-state index contributed by atoms with van der Waals surface area (Å²) >= 11 is 0. The zero-order valence-corrected chi connectivity index (χ0v) is 9.56. The number of allylic oxidation sites excluding steroid dienone is 2. The van der Waals surface area contributed by atoms with E-state index in [1.54, 1.807) is 0 Å². The fraction of sp³-hybridized carbons (Fsp3) is 0.400. The molecule has 0 saturated carbocycles. The third-order valence-corrected chi connectivity index (χ3v) is 3.22. The van der Waals surface area contributed by atoms with Gasteiger partial charge in [-0.25, -0.2) is 0 Å². The predicted octanol–water partition coefficient (Wildman–Crippen LogP) is 3.33. The van der Waals surface area contributed by atoms with Crippen LogP contribution >= 0.6 is 0 Å². The Labute approximate surface area is 97.2 Å². The number of rotatable bonds is 1. The highest BCUT2D eigenvalue weighted by atomic mass is 16.1. The summed E-state index contributed by atoms with van der Waals surface area (Å²) in [5.74, 6) is 0.149. The summed E-state index contributed by atoms with van der Waals surface area (Å²) in [5.41, 5.74) is 2.78. The fourth-order valence-electron chi connectivity index (χ4n) is 2.27. The Morgan fingerprint density at radius 3 is 2.75 bits per heavy atom. The molecule has 1 unspecified atom stereocenters. The smallest absolute Gasteiger partial charge is 0.123 e. The van der Waals surface area contributed by atoms with Gasteiger partial charge < -0.3 is 4.79 Å². The number of aryl methyl sites for hydroxylation is 1. The lowest BCUT2D eigenvalue weighted by atomic mass is 9.91. The number of benzene rings is 1. The minimum absolute atomic E-state index is 0.149. The summed E-state index contributed by atoms with van der Waals surface area (Å²) in [7, 11) is 0. The Morgan fingerprint density at radius 2 is 1.94 bits per heavy atom. The molecule has 0 N–H and O–H groups in total. The molecule has 0 saturated heterocycles. The van der Waals surface area contributed by atoms with E-state index < -0.39 is 0 Å². The van der Waals surface area contributed by atoms with Crippen LogP contribution in [0, 0.1) is 5.92 Å². The molecule has 0 fully saturated rings. The molecule has 0 spiro atoms. The Kier molecular flexibility index (Phi) is 3.92. The van der Waals surface area contributed by atoms with Crippen molar-refractivity contribution < 1.29 is 4.79 Å². The van der Waals surface area contributed by atoms with Crippen LogP contribution in [0.25, 0.3) is 0 Å². The second-order valence-electron chi connectivity index (χ2n) is 4.47. The molecular formula is C15H18O. The highest BCUT2D eigenvalue weighted by Crippen LogP contribution is 2.19. The summed E-state index contributed by atoms with van der Waals surface area (Å²) in [6, 6.07) is 8.53. The van der Waals surface area contributed by atoms with Gasteiger partial charge in [-0.2, -0.15) is 0 Å². The summed E-state index contributed by atoms with van der Waals surface area (Å²) < 4.78 is 0. The van der Waals surface area contributed by atoms with Gasteiger partial charge in [0.05, 0.1) is 0 Å². The molecule has 1 nitrogen and oxygen atoms in total. The van der Waals surface area contributed by atoms with Gasteiger partial charge in [0.15, 0.2) is 0 Å². The highest BCUT2D eigenvalue weighted by Gasteiger charge is 2.10. The van der Waals surface area contributed by atoms with Crippen LogP contribution in [0.3, 0.4) is 0 Å². The first kappa shape index (κ1) is 11.1. The van der Waals surface area contributed by atoms with E-state index in [0.717, 1.165) is 32.0 Å². The van der Waals surface area contributed by atoms with Crippen molar-refractivity contribution in [3.63, 3.8) is 0 Å². The van der Waals surface area contributed by atoms with Gasteiger partial charge in [-0.15, -0.1) is 0 Å². The lowest BCUT2D eigenvalue weighted by molar-refractivity contribution is -0.111. The number of aldehydes is 1. The second-order valence-corrected chi connectivity index (χ2v) is 4.47. The highest BCUT2D eigenvalue weighted by molar-refractivity contribution is 5.55. The van der Waals surface area contributed by atoms with E-state index in [1.165, 1.54) is 17.5 Å². The minimum atomic E-state index is 0.149. The molecule has 16 heavy (non-hydrogen) atoms. The third-order valence-electron chi connectivity index (χ3n) is 3.22. The molecule has 0 radical (unpaired) electrons. The average molecular weight is 214 g/mol. The molecule has 1 aromatic rings. The quantitative estimate of drug-likeness (QED) is 0.517. The van der Waals surface area contributed by atoms with E-state index in [0.29, 0.717) is 0 Å². The first-order chi connectivity index (χ1) is 7.90. The van der Waals surface area contributed by atoms with Gasteiger partial charge in [0.1, 0.15) is 6.29 Å². The number of hydrogen-bond acceptors (Lipinski definition) is 1. The molecule has 1 heteroatoms. The zero-order chi connectivity index (χ0) is 11.2. The summed E-state index contributed by atoms with van der Waals surface area (Å²) in [6.07, 6.45) is 10.7. The van der Waals surface area contributed by atoms with Crippen LogP contribution in [-0.2, 0) is 17.6 Å². The molecule has 1 aliphatic rings. The number of hydrogen-bond donors (Lipinski definition) is 0. The Balaban J connectivity index is 2.23. The third kappa shape index (κ3) is 2.82. The predicted molar refractivity (Wildman–Crippen MR) is 66.4 cm³/mol. The van der Waals surface area contributed by atoms with Gasteiger partial charge in [0, 0.05) is 5.92 Å². The molecule has 0 aromatic heterocycles. The Hall–Kier alpha value is -1.37. The van der Waals surface area contributed by atoms with Crippen molar-refractivity contribution in [3.8, 4) is 0 Å². The largest absolute Gasteiger partial charge is 0.303 e. The van der Waals surface area contributed by atoms with Crippen molar-refractivity contribution in [2.24, 2.45) is 5.92 Å². The monoisotopic (exact) mass is 214 g/mol. The first-order valence-corrected chi connectivity index (χ1v) is 6.07. The lowest BCUT2D eigenvalue weighted by Crippen LogP contribution is -2.08. The van der Waals surface area contributed by atoms with Gasteiger partial charge >= 0.3 is 0 Å².